The Labute approximate surface area is 155 Å². The topological polar surface area (TPSA) is 64.0 Å². The Bertz CT molecular complexity index is 1010. The van der Waals surface area contributed by atoms with Gasteiger partial charge in [0.2, 0.25) is 5.91 Å². The van der Waals surface area contributed by atoms with Crippen molar-refractivity contribution in [2.24, 2.45) is 0 Å². The van der Waals surface area contributed by atoms with Crippen molar-refractivity contribution in [3.63, 3.8) is 0 Å². The number of para-hydroxylation sites is 1. The molecule has 1 N–H and O–H groups in total. The Morgan fingerprint density at radius 1 is 1.23 bits per heavy atom. The summed E-state index contributed by atoms with van der Waals surface area (Å²) in [6.45, 7) is 6.04. The van der Waals surface area contributed by atoms with Gasteiger partial charge in [-0.3, -0.25) is 14.2 Å². The number of carbonyl (C=O) groups is 1. The van der Waals surface area contributed by atoms with Gasteiger partial charge >= 0.3 is 0 Å². The van der Waals surface area contributed by atoms with E-state index in [1.165, 1.54) is 11.8 Å². The maximum Gasteiger partial charge on any atom is 0.262 e. The third-order valence-electron chi connectivity index (χ3n) is 3.81. The summed E-state index contributed by atoms with van der Waals surface area (Å²) in [4.78, 5) is 29.4. The van der Waals surface area contributed by atoms with Gasteiger partial charge in [-0.05, 0) is 31.2 Å². The molecule has 26 heavy (non-hydrogen) atoms. The quantitative estimate of drug-likeness (QED) is 0.412. The number of thioether (sulfide) groups is 1. The molecule has 0 aliphatic rings. The van der Waals surface area contributed by atoms with Crippen LogP contribution in [0.1, 0.15) is 5.56 Å². The predicted molar refractivity (Wildman–Crippen MR) is 107 cm³/mol. The molecule has 0 aliphatic carbocycles. The lowest BCUT2D eigenvalue weighted by molar-refractivity contribution is -0.113. The Hall–Kier alpha value is -2.86. The van der Waals surface area contributed by atoms with Crippen LogP contribution in [0.4, 0.5) is 5.69 Å². The number of benzene rings is 2. The highest BCUT2D eigenvalue weighted by molar-refractivity contribution is 7.99. The molecule has 0 aliphatic heterocycles. The van der Waals surface area contributed by atoms with Crippen molar-refractivity contribution in [1.82, 2.24) is 9.55 Å². The number of fused-ring (bicyclic) bond motifs is 1. The second-order valence-electron chi connectivity index (χ2n) is 5.82. The zero-order valence-corrected chi connectivity index (χ0v) is 15.3. The summed E-state index contributed by atoms with van der Waals surface area (Å²) in [6.07, 6.45) is 1.65. The summed E-state index contributed by atoms with van der Waals surface area (Å²) in [6, 6.07) is 14.8. The highest BCUT2D eigenvalue weighted by Gasteiger charge is 2.12. The Morgan fingerprint density at radius 3 is 2.69 bits per heavy atom. The van der Waals surface area contributed by atoms with Crippen LogP contribution in [-0.2, 0) is 11.3 Å². The van der Waals surface area contributed by atoms with Gasteiger partial charge < -0.3 is 5.32 Å². The maximum atomic E-state index is 12.7. The Kier molecular flexibility index (Phi) is 5.53. The fourth-order valence-electron chi connectivity index (χ4n) is 2.51. The van der Waals surface area contributed by atoms with E-state index in [2.05, 4.69) is 16.9 Å². The molecule has 0 bridgehead atoms. The summed E-state index contributed by atoms with van der Waals surface area (Å²) in [5.74, 6) is 0.0157. The van der Waals surface area contributed by atoms with Crippen LogP contribution >= 0.6 is 11.8 Å². The second kappa shape index (κ2) is 8.01. The molecule has 1 amide bonds. The molecule has 0 radical (unpaired) electrons. The first kappa shape index (κ1) is 17.9. The van der Waals surface area contributed by atoms with Gasteiger partial charge in [-0.15, -0.1) is 6.58 Å². The molecule has 1 heterocycles. The highest BCUT2D eigenvalue weighted by Crippen LogP contribution is 2.18. The number of aryl methyl sites for hydroxylation is 1. The number of nitrogens with one attached hydrogen (secondary N) is 1. The highest BCUT2D eigenvalue weighted by atomic mass is 32.2. The first-order valence-corrected chi connectivity index (χ1v) is 9.17. The number of amides is 1. The summed E-state index contributed by atoms with van der Waals surface area (Å²) < 4.78 is 1.54. The Balaban J connectivity index is 1.80. The van der Waals surface area contributed by atoms with Crippen molar-refractivity contribution in [1.29, 1.82) is 0 Å². The lowest BCUT2D eigenvalue weighted by Crippen LogP contribution is -2.23. The van der Waals surface area contributed by atoms with Gasteiger partial charge in [0.05, 0.1) is 16.7 Å². The Morgan fingerprint density at radius 2 is 1.96 bits per heavy atom. The molecule has 5 nitrogen and oxygen atoms in total. The molecule has 1 aromatic heterocycles. The molecule has 0 spiro atoms. The molecule has 0 saturated heterocycles. The van der Waals surface area contributed by atoms with E-state index in [1.54, 1.807) is 22.8 Å². The van der Waals surface area contributed by atoms with Crippen molar-refractivity contribution >= 4 is 34.3 Å². The standard InChI is InChI=1S/C20H19N3O2S/c1-3-12-23-19(25)16-6-4-5-7-17(16)22-20(23)26-13-18(24)21-15-10-8-14(2)9-11-15/h3-11H,1,12-13H2,2H3,(H,21,24). The minimum Gasteiger partial charge on any atom is -0.325 e. The maximum absolute atomic E-state index is 12.7. The number of allylic oxidation sites excluding steroid dienone is 1. The number of hydrogen-bond donors (Lipinski definition) is 1. The van der Waals surface area contributed by atoms with Crippen LogP contribution < -0.4 is 10.9 Å². The minimum absolute atomic E-state index is 0.128. The summed E-state index contributed by atoms with van der Waals surface area (Å²) in [5.41, 5.74) is 2.37. The largest absolute Gasteiger partial charge is 0.325 e. The normalized spacial score (nSPS) is 10.7. The van der Waals surface area contributed by atoms with Gasteiger partial charge in [0.25, 0.3) is 5.56 Å². The summed E-state index contributed by atoms with van der Waals surface area (Å²) >= 11 is 1.24. The first-order valence-electron chi connectivity index (χ1n) is 8.18. The van der Waals surface area contributed by atoms with Crippen LogP contribution in [-0.4, -0.2) is 21.2 Å². The van der Waals surface area contributed by atoms with E-state index >= 15 is 0 Å². The summed E-state index contributed by atoms with van der Waals surface area (Å²) in [7, 11) is 0. The minimum atomic E-state index is -0.147. The van der Waals surface area contributed by atoms with Gasteiger partial charge in [0.1, 0.15) is 0 Å². The van der Waals surface area contributed by atoms with Crippen molar-refractivity contribution in [3.05, 3.63) is 77.1 Å². The van der Waals surface area contributed by atoms with Crippen LogP contribution in [0.3, 0.4) is 0 Å². The molecule has 6 heteroatoms. The van der Waals surface area contributed by atoms with E-state index in [-0.39, 0.29) is 17.2 Å². The number of rotatable bonds is 6. The van der Waals surface area contributed by atoms with Gasteiger partial charge in [-0.1, -0.05) is 47.7 Å². The van der Waals surface area contributed by atoms with E-state index in [4.69, 9.17) is 0 Å². The average molecular weight is 365 g/mol. The SMILES string of the molecule is C=CCn1c(SCC(=O)Nc2ccc(C)cc2)nc2ccccc2c1=O. The van der Waals surface area contributed by atoms with Gasteiger partial charge in [-0.25, -0.2) is 4.98 Å². The lowest BCUT2D eigenvalue weighted by Gasteiger charge is -2.11. The molecule has 3 aromatic rings. The van der Waals surface area contributed by atoms with Crippen molar-refractivity contribution in [3.8, 4) is 0 Å². The van der Waals surface area contributed by atoms with E-state index in [1.807, 2.05) is 43.3 Å². The number of aromatic nitrogens is 2. The van der Waals surface area contributed by atoms with Gasteiger partial charge in [0.15, 0.2) is 5.16 Å². The van der Waals surface area contributed by atoms with Crippen LogP contribution in [0, 0.1) is 6.92 Å². The molecule has 132 valence electrons. The first-order chi connectivity index (χ1) is 12.6. The summed E-state index contributed by atoms with van der Waals surface area (Å²) in [5, 5.41) is 3.91. The third kappa shape index (κ3) is 4.03. The van der Waals surface area contributed by atoms with E-state index < -0.39 is 0 Å². The molecule has 0 unspecified atom stereocenters. The van der Waals surface area contributed by atoms with Gasteiger partial charge in [0, 0.05) is 12.2 Å². The zero-order chi connectivity index (χ0) is 18.5. The molecular weight excluding hydrogens is 346 g/mol. The van der Waals surface area contributed by atoms with Crippen LogP contribution in [0.15, 0.2) is 71.1 Å². The zero-order valence-electron chi connectivity index (χ0n) is 14.4. The number of carbonyl (C=O) groups excluding carboxylic acids is 1. The molecule has 0 atom stereocenters. The second-order valence-corrected chi connectivity index (χ2v) is 6.76. The van der Waals surface area contributed by atoms with Crippen molar-refractivity contribution < 1.29 is 4.79 Å². The van der Waals surface area contributed by atoms with E-state index in [9.17, 15) is 9.59 Å². The molecule has 0 fully saturated rings. The molecule has 0 saturated carbocycles. The molecule has 2 aromatic carbocycles. The van der Waals surface area contributed by atoms with E-state index in [0.29, 0.717) is 22.6 Å². The monoisotopic (exact) mass is 365 g/mol. The predicted octanol–water partition coefficient (Wildman–Crippen LogP) is 3.62. The van der Waals surface area contributed by atoms with Crippen LogP contribution in [0.2, 0.25) is 0 Å². The van der Waals surface area contributed by atoms with Crippen LogP contribution in [0.5, 0.6) is 0 Å². The van der Waals surface area contributed by atoms with Crippen molar-refractivity contribution in [2.75, 3.05) is 11.1 Å². The fraction of sp³-hybridized carbons (Fsp3) is 0.150. The average Bonchev–Trinajstić information content (AvgIpc) is 2.64. The number of anilines is 1. The molecular formula is C20H19N3O2S. The number of hydrogen-bond acceptors (Lipinski definition) is 4. The van der Waals surface area contributed by atoms with Gasteiger partial charge in [-0.2, -0.15) is 0 Å². The lowest BCUT2D eigenvalue weighted by atomic mass is 10.2. The van der Waals surface area contributed by atoms with Crippen molar-refractivity contribution in [2.45, 2.75) is 18.6 Å². The fourth-order valence-corrected chi connectivity index (χ4v) is 3.32. The smallest absolute Gasteiger partial charge is 0.262 e. The van der Waals surface area contributed by atoms with E-state index in [0.717, 1.165) is 11.3 Å². The third-order valence-corrected chi connectivity index (χ3v) is 4.78. The number of nitrogens with zero attached hydrogens (tertiary/aromatic N) is 2. The molecule has 3 rings (SSSR count). The van der Waals surface area contributed by atoms with Crippen LogP contribution in [0.25, 0.3) is 10.9 Å².